The average molecular weight is 306 g/mol. The summed E-state index contributed by atoms with van der Waals surface area (Å²) in [5.74, 6) is 0.766. The highest BCUT2D eigenvalue weighted by Crippen LogP contribution is 2.26. The van der Waals surface area contributed by atoms with Gasteiger partial charge in [-0.05, 0) is 50.4 Å². The van der Waals surface area contributed by atoms with Crippen LogP contribution in [0, 0.1) is 5.92 Å². The fourth-order valence-electron chi connectivity index (χ4n) is 2.67. The van der Waals surface area contributed by atoms with Gasteiger partial charge in [0.2, 0.25) is 0 Å². The maximum atomic E-state index is 12.3. The Bertz CT molecular complexity index is 456. The van der Waals surface area contributed by atoms with Crippen molar-refractivity contribution in [2.24, 2.45) is 5.92 Å². The number of thioether (sulfide) groups is 1. The summed E-state index contributed by atoms with van der Waals surface area (Å²) in [7, 11) is 0. The minimum Gasteiger partial charge on any atom is -0.352 e. The summed E-state index contributed by atoms with van der Waals surface area (Å²) < 4.78 is 0. The van der Waals surface area contributed by atoms with E-state index in [4.69, 9.17) is 0 Å². The van der Waals surface area contributed by atoms with Gasteiger partial charge in [0.25, 0.3) is 5.91 Å². The Balaban J connectivity index is 1.85. The number of benzene rings is 1. The van der Waals surface area contributed by atoms with E-state index in [0.29, 0.717) is 11.2 Å². The van der Waals surface area contributed by atoms with Crippen molar-refractivity contribution in [3.05, 3.63) is 29.8 Å². The molecule has 4 heteroatoms. The van der Waals surface area contributed by atoms with Gasteiger partial charge >= 0.3 is 0 Å². The van der Waals surface area contributed by atoms with Crippen molar-refractivity contribution in [1.29, 1.82) is 0 Å². The van der Waals surface area contributed by atoms with Crippen molar-refractivity contribution in [1.82, 2.24) is 10.6 Å². The molecule has 1 aliphatic heterocycles. The van der Waals surface area contributed by atoms with E-state index in [1.54, 1.807) is 11.8 Å². The molecule has 1 aromatic rings. The summed E-state index contributed by atoms with van der Waals surface area (Å²) in [6, 6.07) is 7.88. The van der Waals surface area contributed by atoms with Gasteiger partial charge in [-0.15, -0.1) is 11.8 Å². The van der Waals surface area contributed by atoms with E-state index in [2.05, 4.69) is 24.5 Å². The van der Waals surface area contributed by atoms with Gasteiger partial charge < -0.3 is 10.6 Å². The maximum absolute atomic E-state index is 12.3. The van der Waals surface area contributed by atoms with Crippen LogP contribution in [0.1, 0.15) is 43.5 Å². The van der Waals surface area contributed by atoms with Crippen molar-refractivity contribution < 1.29 is 4.79 Å². The fraction of sp³-hybridized carbons (Fsp3) is 0.588. The van der Waals surface area contributed by atoms with Crippen LogP contribution in [0.15, 0.2) is 29.2 Å². The third-order valence-electron chi connectivity index (χ3n) is 3.73. The smallest absolute Gasteiger partial charge is 0.252 e. The molecule has 0 aromatic heterocycles. The first kappa shape index (κ1) is 16.4. The summed E-state index contributed by atoms with van der Waals surface area (Å²) in [6.45, 7) is 7.30. The van der Waals surface area contributed by atoms with Gasteiger partial charge in [0.15, 0.2) is 0 Å². The normalized spacial score (nSPS) is 18.7. The third kappa shape index (κ3) is 5.36. The lowest BCUT2D eigenvalue weighted by Crippen LogP contribution is -2.33. The Kier molecular flexibility index (Phi) is 6.58. The molecule has 0 radical (unpaired) electrons. The number of hydrogen-bond acceptors (Lipinski definition) is 3. The topological polar surface area (TPSA) is 41.1 Å². The minimum absolute atomic E-state index is 0.0579. The highest BCUT2D eigenvalue weighted by atomic mass is 32.2. The molecule has 1 saturated heterocycles. The molecule has 0 bridgehead atoms. The summed E-state index contributed by atoms with van der Waals surface area (Å²) in [6.07, 6.45) is 3.60. The molecule has 0 spiro atoms. The van der Waals surface area contributed by atoms with E-state index in [1.165, 1.54) is 12.8 Å². The molecule has 1 aromatic carbocycles. The molecule has 1 fully saturated rings. The van der Waals surface area contributed by atoms with Crippen molar-refractivity contribution in [2.75, 3.05) is 19.6 Å². The van der Waals surface area contributed by atoms with Gasteiger partial charge in [0.05, 0.1) is 5.56 Å². The van der Waals surface area contributed by atoms with Gasteiger partial charge in [-0.2, -0.15) is 0 Å². The Morgan fingerprint density at radius 3 is 2.95 bits per heavy atom. The lowest BCUT2D eigenvalue weighted by atomic mass is 9.96. The van der Waals surface area contributed by atoms with Crippen LogP contribution in [0.5, 0.6) is 0 Å². The van der Waals surface area contributed by atoms with Crippen LogP contribution < -0.4 is 10.6 Å². The summed E-state index contributed by atoms with van der Waals surface area (Å²) in [5.41, 5.74) is 0.804. The standard InChI is InChI=1S/C17H26N2OS/c1-13(2)21-16-8-4-3-7-15(16)17(20)19-11-9-14-6-5-10-18-12-14/h3-4,7-8,13-14,18H,5-6,9-12H2,1-2H3,(H,19,20). The summed E-state index contributed by atoms with van der Waals surface area (Å²) >= 11 is 1.74. The number of nitrogens with one attached hydrogen (secondary N) is 2. The van der Waals surface area contributed by atoms with Gasteiger partial charge in [-0.3, -0.25) is 4.79 Å². The van der Waals surface area contributed by atoms with E-state index < -0.39 is 0 Å². The zero-order chi connectivity index (χ0) is 15.1. The third-order valence-corrected chi connectivity index (χ3v) is 4.81. The zero-order valence-electron chi connectivity index (χ0n) is 13.0. The fourth-order valence-corrected chi connectivity index (χ4v) is 3.62. The zero-order valence-corrected chi connectivity index (χ0v) is 13.8. The molecule has 3 nitrogen and oxygen atoms in total. The van der Waals surface area contributed by atoms with Crippen LogP contribution >= 0.6 is 11.8 Å². The molecule has 1 amide bonds. The number of carbonyl (C=O) groups is 1. The van der Waals surface area contributed by atoms with E-state index in [9.17, 15) is 4.79 Å². The van der Waals surface area contributed by atoms with Crippen molar-refractivity contribution in [2.45, 2.75) is 43.3 Å². The molecule has 1 aliphatic rings. The molecular weight excluding hydrogens is 280 g/mol. The first-order valence-electron chi connectivity index (χ1n) is 7.91. The van der Waals surface area contributed by atoms with Gasteiger partial charge in [0.1, 0.15) is 0 Å². The highest BCUT2D eigenvalue weighted by Gasteiger charge is 2.15. The second kappa shape index (κ2) is 8.44. The number of amides is 1. The Morgan fingerprint density at radius 1 is 1.43 bits per heavy atom. The van der Waals surface area contributed by atoms with Crippen molar-refractivity contribution in [3.8, 4) is 0 Å². The van der Waals surface area contributed by atoms with Crippen LogP contribution in [0.3, 0.4) is 0 Å². The first-order valence-corrected chi connectivity index (χ1v) is 8.79. The van der Waals surface area contributed by atoms with Crippen molar-refractivity contribution in [3.63, 3.8) is 0 Å². The molecule has 0 saturated carbocycles. The molecule has 116 valence electrons. The maximum Gasteiger partial charge on any atom is 0.252 e. The molecule has 1 heterocycles. The SMILES string of the molecule is CC(C)Sc1ccccc1C(=O)NCCC1CCCNC1. The van der Waals surface area contributed by atoms with Crippen LogP contribution in [0.25, 0.3) is 0 Å². The van der Waals surface area contributed by atoms with E-state index in [0.717, 1.165) is 36.5 Å². The Labute approximate surface area is 132 Å². The van der Waals surface area contributed by atoms with Crippen LogP contribution in [0.2, 0.25) is 0 Å². The lowest BCUT2D eigenvalue weighted by Gasteiger charge is -2.22. The quantitative estimate of drug-likeness (QED) is 0.792. The van der Waals surface area contributed by atoms with Crippen LogP contribution in [0.4, 0.5) is 0 Å². The second-order valence-corrected chi connectivity index (χ2v) is 7.54. The van der Waals surface area contributed by atoms with Crippen LogP contribution in [-0.4, -0.2) is 30.8 Å². The van der Waals surface area contributed by atoms with Crippen molar-refractivity contribution >= 4 is 17.7 Å². The van der Waals surface area contributed by atoms with E-state index in [1.807, 2.05) is 24.3 Å². The monoisotopic (exact) mass is 306 g/mol. The lowest BCUT2D eigenvalue weighted by molar-refractivity contribution is 0.0947. The predicted octanol–water partition coefficient (Wildman–Crippen LogP) is 3.31. The minimum atomic E-state index is 0.0579. The summed E-state index contributed by atoms with van der Waals surface area (Å²) in [5, 5.41) is 6.98. The molecule has 21 heavy (non-hydrogen) atoms. The molecule has 2 N–H and O–H groups in total. The van der Waals surface area contributed by atoms with E-state index in [-0.39, 0.29) is 5.91 Å². The number of carbonyl (C=O) groups excluding carboxylic acids is 1. The average Bonchev–Trinajstić information content (AvgIpc) is 2.48. The number of piperidine rings is 1. The molecule has 2 rings (SSSR count). The Hall–Kier alpha value is -1.00. The van der Waals surface area contributed by atoms with Gasteiger partial charge in [-0.1, -0.05) is 26.0 Å². The number of rotatable bonds is 6. The second-order valence-electron chi connectivity index (χ2n) is 5.92. The molecule has 0 aliphatic carbocycles. The largest absolute Gasteiger partial charge is 0.352 e. The van der Waals surface area contributed by atoms with E-state index >= 15 is 0 Å². The molecular formula is C17H26N2OS. The van der Waals surface area contributed by atoms with Crippen LogP contribution in [-0.2, 0) is 0 Å². The molecule has 1 atom stereocenters. The first-order chi connectivity index (χ1) is 10.2. The Morgan fingerprint density at radius 2 is 2.24 bits per heavy atom. The molecule has 1 unspecified atom stereocenters. The number of hydrogen-bond donors (Lipinski definition) is 2. The van der Waals surface area contributed by atoms with Gasteiger partial charge in [0, 0.05) is 16.7 Å². The van der Waals surface area contributed by atoms with Gasteiger partial charge in [-0.25, -0.2) is 0 Å². The summed E-state index contributed by atoms with van der Waals surface area (Å²) in [4.78, 5) is 13.4. The highest BCUT2D eigenvalue weighted by molar-refractivity contribution is 8.00. The predicted molar refractivity (Wildman–Crippen MR) is 90.0 cm³/mol.